The van der Waals surface area contributed by atoms with Gasteiger partial charge in [-0.05, 0) is 110 Å². The van der Waals surface area contributed by atoms with Crippen LogP contribution in [0.2, 0.25) is 0 Å². The second kappa shape index (κ2) is 12.8. The molecule has 0 aliphatic heterocycles. The van der Waals surface area contributed by atoms with E-state index in [4.69, 9.17) is 9.84 Å². The summed E-state index contributed by atoms with van der Waals surface area (Å²) in [6.07, 6.45) is 12.8. The Morgan fingerprint density at radius 3 is 2.11 bits per heavy atom. The van der Waals surface area contributed by atoms with Crippen LogP contribution in [0.5, 0.6) is 0 Å². The molecule has 1 aromatic carbocycles. The molecule has 4 fully saturated rings. The van der Waals surface area contributed by atoms with Crippen LogP contribution in [0.4, 0.5) is 0 Å². The Labute approximate surface area is 280 Å². The van der Waals surface area contributed by atoms with E-state index in [1.807, 2.05) is 0 Å². The molecule has 0 spiro atoms. The first-order valence-electron chi connectivity index (χ1n) is 17.4. The Morgan fingerprint density at radius 2 is 1.48 bits per heavy atom. The van der Waals surface area contributed by atoms with Crippen molar-refractivity contribution in [3.05, 3.63) is 47.5 Å². The van der Waals surface area contributed by atoms with Gasteiger partial charge in [0.25, 0.3) is 0 Å². The molecule has 4 saturated carbocycles. The first-order valence-corrected chi connectivity index (χ1v) is 17.4. The SMILES string of the molecule is CC1(C)CC(OCc2ccccc2)C2(C)CCC3(C)C(=CCC4C5(C)CCC(O)C(C)(CO)C5CCC43C)C2C1.CCO.[V]. The molecule has 10 unspecified atom stereocenters. The second-order valence-electron chi connectivity index (χ2n) is 17.2. The summed E-state index contributed by atoms with van der Waals surface area (Å²) in [5.41, 5.74) is 3.66. The van der Waals surface area contributed by atoms with E-state index in [1.54, 1.807) is 12.5 Å². The molecule has 6 rings (SSSR count). The van der Waals surface area contributed by atoms with Crippen molar-refractivity contribution in [1.82, 2.24) is 0 Å². The van der Waals surface area contributed by atoms with Crippen molar-refractivity contribution in [2.24, 2.45) is 50.2 Å². The van der Waals surface area contributed by atoms with Crippen LogP contribution in [-0.4, -0.2) is 40.7 Å². The molecule has 10 atom stereocenters. The molecule has 44 heavy (non-hydrogen) atoms. The van der Waals surface area contributed by atoms with Crippen LogP contribution >= 0.6 is 0 Å². The molecule has 0 heterocycles. The second-order valence-corrected chi connectivity index (χ2v) is 17.2. The van der Waals surface area contributed by atoms with Gasteiger partial charge in [0.2, 0.25) is 0 Å². The summed E-state index contributed by atoms with van der Waals surface area (Å²) in [5, 5.41) is 29.2. The standard InChI is InChI=1S/C37H56O3.C2H6O.V/c1-32(2)21-27-26-13-14-29-34(4)17-16-30(39)35(5,24-38)28(34)15-18-37(29,7)36(26,6)20-19-33(27,3)31(22-32)40-23-25-11-9-8-10-12-25;1-2-3;/h8-13,27-31,38-39H,14-24H2,1-7H3;3H,2H2,1H3;. The Kier molecular flexibility index (Phi) is 10.5. The molecule has 1 aromatic rings. The summed E-state index contributed by atoms with van der Waals surface area (Å²) in [6, 6.07) is 10.7. The van der Waals surface area contributed by atoms with Crippen LogP contribution in [0.15, 0.2) is 42.0 Å². The number of rotatable bonds is 4. The fourth-order valence-electron chi connectivity index (χ4n) is 11.7. The fourth-order valence-corrected chi connectivity index (χ4v) is 11.7. The van der Waals surface area contributed by atoms with Gasteiger partial charge < -0.3 is 20.1 Å². The van der Waals surface area contributed by atoms with E-state index in [9.17, 15) is 10.2 Å². The quantitative estimate of drug-likeness (QED) is 0.288. The smallest absolute Gasteiger partial charge is 0.0720 e. The van der Waals surface area contributed by atoms with E-state index in [0.29, 0.717) is 24.4 Å². The van der Waals surface area contributed by atoms with Gasteiger partial charge in [0.1, 0.15) is 0 Å². The number of aliphatic hydroxyl groups excluding tert-OH is 3. The zero-order valence-electron chi connectivity index (χ0n) is 29.0. The first kappa shape index (κ1) is 36.2. The number of hydrogen-bond donors (Lipinski definition) is 3. The average Bonchev–Trinajstić information content (AvgIpc) is 2.96. The maximum Gasteiger partial charge on any atom is 0.0720 e. The summed E-state index contributed by atoms with van der Waals surface area (Å²) in [7, 11) is 0. The minimum atomic E-state index is -0.391. The Balaban J connectivity index is 0.00000106. The summed E-state index contributed by atoms with van der Waals surface area (Å²) in [6.45, 7) is 20.2. The Bertz CT molecular complexity index is 1170. The van der Waals surface area contributed by atoms with Gasteiger partial charge in [-0.2, -0.15) is 0 Å². The predicted molar refractivity (Wildman–Crippen MR) is 175 cm³/mol. The van der Waals surface area contributed by atoms with Crippen molar-refractivity contribution in [2.45, 2.75) is 132 Å². The first-order chi connectivity index (χ1) is 20.1. The molecular weight excluding hydrogens is 583 g/mol. The van der Waals surface area contributed by atoms with E-state index in [2.05, 4.69) is 84.9 Å². The summed E-state index contributed by atoms with van der Waals surface area (Å²) >= 11 is 0. The van der Waals surface area contributed by atoms with Crippen LogP contribution in [0.1, 0.15) is 119 Å². The minimum Gasteiger partial charge on any atom is -0.397 e. The van der Waals surface area contributed by atoms with Crippen molar-refractivity contribution >= 4 is 0 Å². The number of ether oxygens (including phenoxy) is 1. The molecule has 0 bridgehead atoms. The van der Waals surface area contributed by atoms with E-state index in [-0.39, 0.29) is 70.4 Å². The van der Waals surface area contributed by atoms with Crippen LogP contribution in [0, 0.1) is 50.2 Å². The molecule has 4 nitrogen and oxygen atoms in total. The van der Waals surface area contributed by atoms with Gasteiger partial charge in [-0.15, -0.1) is 0 Å². The molecule has 0 aromatic heterocycles. The zero-order chi connectivity index (χ0) is 31.5. The summed E-state index contributed by atoms with van der Waals surface area (Å²) < 4.78 is 6.88. The molecular formula is C39H62O4V. The summed E-state index contributed by atoms with van der Waals surface area (Å²) in [4.78, 5) is 0. The van der Waals surface area contributed by atoms with E-state index in [0.717, 1.165) is 32.1 Å². The molecule has 5 aliphatic carbocycles. The van der Waals surface area contributed by atoms with Crippen LogP contribution in [0.3, 0.4) is 0 Å². The molecule has 1 radical (unpaired) electrons. The maximum atomic E-state index is 11.0. The van der Waals surface area contributed by atoms with Crippen molar-refractivity contribution in [2.75, 3.05) is 13.2 Å². The fraction of sp³-hybridized carbons (Fsp3) is 0.795. The van der Waals surface area contributed by atoms with Crippen LogP contribution in [0.25, 0.3) is 0 Å². The molecule has 0 amide bonds. The minimum absolute atomic E-state index is 0. The molecule has 3 N–H and O–H groups in total. The van der Waals surface area contributed by atoms with E-state index in [1.165, 1.54) is 31.2 Å². The maximum absolute atomic E-state index is 11.0. The normalized spacial score (nSPS) is 45.5. The van der Waals surface area contributed by atoms with Gasteiger partial charge >= 0.3 is 0 Å². The van der Waals surface area contributed by atoms with Crippen LogP contribution in [-0.2, 0) is 29.9 Å². The van der Waals surface area contributed by atoms with Gasteiger partial charge in [-0.25, -0.2) is 0 Å². The number of hydrogen-bond acceptors (Lipinski definition) is 4. The van der Waals surface area contributed by atoms with Crippen molar-refractivity contribution in [1.29, 1.82) is 0 Å². The number of allylic oxidation sites excluding steroid dienone is 2. The van der Waals surface area contributed by atoms with Gasteiger partial charge in [0.05, 0.1) is 25.4 Å². The van der Waals surface area contributed by atoms with Crippen molar-refractivity contribution in [3.8, 4) is 0 Å². The molecule has 5 heteroatoms. The third-order valence-electron chi connectivity index (χ3n) is 14.5. The number of benzene rings is 1. The average molecular weight is 646 g/mol. The molecule has 247 valence electrons. The van der Waals surface area contributed by atoms with E-state index < -0.39 is 6.10 Å². The van der Waals surface area contributed by atoms with E-state index >= 15 is 0 Å². The Morgan fingerprint density at radius 1 is 0.818 bits per heavy atom. The van der Waals surface area contributed by atoms with Gasteiger partial charge in [0, 0.05) is 36.0 Å². The number of fused-ring (bicyclic) bond motifs is 7. The predicted octanol–water partition coefficient (Wildman–Crippen LogP) is 8.33. The van der Waals surface area contributed by atoms with Gasteiger partial charge in [-0.3, -0.25) is 0 Å². The number of aliphatic hydroxyl groups is 3. The molecule has 5 aliphatic rings. The monoisotopic (exact) mass is 645 g/mol. The topological polar surface area (TPSA) is 69.9 Å². The third kappa shape index (κ3) is 5.54. The third-order valence-corrected chi connectivity index (χ3v) is 14.5. The van der Waals surface area contributed by atoms with Crippen molar-refractivity contribution < 1.29 is 38.6 Å². The Hall–Kier alpha value is -0.616. The summed E-state index contributed by atoms with van der Waals surface area (Å²) in [5.74, 6) is 1.54. The van der Waals surface area contributed by atoms with Gasteiger partial charge in [0.15, 0.2) is 0 Å². The van der Waals surface area contributed by atoms with Crippen LogP contribution < -0.4 is 0 Å². The largest absolute Gasteiger partial charge is 0.397 e. The van der Waals surface area contributed by atoms with Gasteiger partial charge in [-0.1, -0.05) is 90.4 Å². The van der Waals surface area contributed by atoms with Crippen molar-refractivity contribution in [3.63, 3.8) is 0 Å². The zero-order valence-corrected chi connectivity index (χ0v) is 30.4. The molecule has 0 saturated heterocycles.